The maximum absolute atomic E-state index is 3.55. The first kappa shape index (κ1) is 37.9. The summed E-state index contributed by atoms with van der Waals surface area (Å²) in [7, 11) is 0.271. The monoisotopic (exact) mass is 685 g/mol. The van der Waals surface area contributed by atoms with Gasteiger partial charge in [-0.15, -0.1) is 5.56 Å². The molecule has 4 heteroatoms. The maximum Gasteiger partial charge on any atom is 4.00 e. The molecular formula is C38H41Cl2SiZr. The molecule has 0 unspecified atom stereocenters. The number of fused-ring (bicyclic) bond motifs is 3. The minimum Gasteiger partial charge on any atom is -1.00 e. The molecule has 5 aromatic rings. The van der Waals surface area contributed by atoms with Gasteiger partial charge in [0.1, 0.15) is 9.52 Å². The minimum absolute atomic E-state index is 0. The van der Waals surface area contributed by atoms with Crippen molar-refractivity contribution in [2.45, 2.75) is 58.8 Å². The number of hydrogen-bond donors (Lipinski definition) is 0. The summed E-state index contributed by atoms with van der Waals surface area (Å²) in [5, 5.41) is 2.90. The fraction of sp³-hybridized carbons (Fsp3) is 0.237. The third-order valence-corrected chi connectivity index (χ3v) is 8.45. The van der Waals surface area contributed by atoms with Crippen LogP contribution in [-0.2, 0) is 43.5 Å². The molecule has 0 bridgehead atoms. The Morgan fingerprint density at radius 1 is 0.643 bits per heavy atom. The second kappa shape index (κ2) is 17.3. The zero-order valence-electron chi connectivity index (χ0n) is 25.6. The third kappa shape index (κ3) is 10.6. The first-order chi connectivity index (χ1) is 18.6. The second-order valence-electron chi connectivity index (χ2n) is 12.2. The van der Waals surface area contributed by atoms with Gasteiger partial charge in [-0.3, -0.25) is 0 Å². The summed E-state index contributed by atoms with van der Waals surface area (Å²) in [6.45, 7) is 13.7. The van der Waals surface area contributed by atoms with Crippen LogP contribution in [0.5, 0.6) is 0 Å². The zero-order chi connectivity index (χ0) is 27.9. The Morgan fingerprint density at radius 2 is 1.19 bits per heavy atom. The fourth-order valence-corrected chi connectivity index (χ4v) is 6.08. The van der Waals surface area contributed by atoms with Gasteiger partial charge in [-0.2, -0.15) is 47.5 Å². The molecule has 0 saturated carbocycles. The van der Waals surface area contributed by atoms with Crippen molar-refractivity contribution < 1.29 is 51.0 Å². The van der Waals surface area contributed by atoms with Gasteiger partial charge in [0.25, 0.3) is 0 Å². The summed E-state index contributed by atoms with van der Waals surface area (Å²) in [5.41, 5.74) is 8.88. The van der Waals surface area contributed by atoms with Crippen molar-refractivity contribution in [2.24, 2.45) is 0 Å². The van der Waals surface area contributed by atoms with Crippen molar-refractivity contribution in [3.05, 3.63) is 150 Å². The smallest absolute Gasteiger partial charge is 1.00 e. The predicted molar refractivity (Wildman–Crippen MR) is 172 cm³/mol. The van der Waals surface area contributed by atoms with Crippen LogP contribution in [0.25, 0.3) is 11.1 Å². The van der Waals surface area contributed by atoms with Crippen LogP contribution in [0.4, 0.5) is 0 Å². The molecule has 0 aromatic heterocycles. The predicted octanol–water partition coefficient (Wildman–Crippen LogP) is 2.14. The van der Waals surface area contributed by atoms with Gasteiger partial charge in [0.05, 0.1) is 0 Å². The molecule has 0 N–H and O–H groups in total. The molecule has 42 heavy (non-hydrogen) atoms. The third-order valence-electron chi connectivity index (χ3n) is 7.01. The van der Waals surface area contributed by atoms with Crippen molar-refractivity contribution in [1.29, 1.82) is 0 Å². The number of hydrogen-bond acceptors (Lipinski definition) is 0. The summed E-state index contributed by atoms with van der Waals surface area (Å²) in [6, 6.07) is 46.2. The van der Waals surface area contributed by atoms with E-state index in [2.05, 4.69) is 139 Å². The molecule has 5 aromatic carbocycles. The van der Waals surface area contributed by atoms with E-state index in [1.165, 1.54) is 43.8 Å². The Balaban J connectivity index is 0.000000360. The molecule has 0 saturated heterocycles. The Bertz CT molecular complexity index is 1390. The van der Waals surface area contributed by atoms with Crippen LogP contribution in [0.15, 0.2) is 121 Å². The van der Waals surface area contributed by atoms with Gasteiger partial charge in [-0.05, 0) is 23.0 Å². The van der Waals surface area contributed by atoms with Crippen molar-refractivity contribution in [2.75, 3.05) is 0 Å². The van der Waals surface area contributed by atoms with E-state index in [1.54, 1.807) is 0 Å². The molecule has 0 heterocycles. The molecule has 6 rings (SSSR count). The quantitative estimate of drug-likeness (QED) is 0.194. The van der Waals surface area contributed by atoms with Gasteiger partial charge in [-0.1, -0.05) is 142 Å². The van der Waals surface area contributed by atoms with Crippen LogP contribution < -0.4 is 35.2 Å². The summed E-state index contributed by atoms with van der Waals surface area (Å²) < 4.78 is 0. The Hall–Kier alpha value is -2.09. The number of benzene rings is 4. The van der Waals surface area contributed by atoms with E-state index in [4.69, 9.17) is 0 Å². The van der Waals surface area contributed by atoms with E-state index in [0.29, 0.717) is 0 Å². The molecule has 0 fully saturated rings. The van der Waals surface area contributed by atoms with E-state index in [1.807, 2.05) is 30.3 Å². The standard InChI is InChI=1S/C21H25.C12H11Si.C5H5.2ClH.Zr/c1-20(2,3)15-11-10-14-12-18-16(17(14)13-15)8-7-9-19(18)21(4,5)6;1-3-7-11(8-4-1)13-12-9-5-2-6-10-12;1-2-4-5-3-1;;;/h7-9,11,13H,12H2,1-6H3;1-10,13H;1-5H;2*1H;/q-1;;-1;;;+4/p-2. The first-order valence-electron chi connectivity index (χ1n) is 13.9. The molecular weight excluding hydrogens is 647 g/mol. The molecule has 1 aliphatic rings. The van der Waals surface area contributed by atoms with Crippen LogP contribution in [0.1, 0.15) is 63.8 Å². The van der Waals surface area contributed by atoms with Gasteiger partial charge in [0, 0.05) is 0 Å². The van der Waals surface area contributed by atoms with Crippen molar-refractivity contribution in [3.8, 4) is 11.1 Å². The summed E-state index contributed by atoms with van der Waals surface area (Å²) in [4.78, 5) is 0. The molecule has 1 aliphatic carbocycles. The average Bonchev–Trinajstić information content (AvgIpc) is 3.61. The zero-order valence-corrected chi connectivity index (χ0v) is 30.7. The largest absolute Gasteiger partial charge is 4.00 e. The number of rotatable bonds is 2. The Kier molecular flexibility index (Phi) is 15.6. The van der Waals surface area contributed by atoms with Crippen molar-refractivity contribution >= 4 is 19.9 Å². The Morgan fingerprint density at radius 3 is 1.64 bits per heavy atom. The fourth-order valence-electron chi connectivity index (χ4n) is 4.87. The molecule has 215 valence electrons. The minimum atomic E-state index is 0. The number of halogens is 2. The van der Waals surface area contributed by atoms with E-state index in [0.717, 1.165) is 6.42 Å². The SMILES string of the molecule is CC(C)(C)c1c[c-]c2c(c1)-c1cccc(C(C)(C)C)c1C2.[Cl-].[Cl-].[Zr+4].c1cc[cH-]c1.c1ccc([SiH]c2ccccc2)cc1. The normalized spacial score (nSPS) is 11.0. The molecule has 0 aliphatic heterocycles. The van der Waals surface area contributed by atoms with Crippen molar-refractivity contribution in [3.63, 3.8) is 0 Å². The van der Waals surface area contributed by atoms with Gasteiger partial charge in [0.15, 0.2) is 0 Å². The van der Waals surface area contributed by atoms with Gasteiger partial charge in [0.2, 0.25) is 0 Å². The van der Waals surface area contributed by atoms with Gasteiger partial charge in [-0.25, -0.2) is 12.1 Å². The molecule has 0 amide bonds. The molecule has 1 radical (unpaired) electrons. The first-order valence-corrected chi connectivity index (χ1v) is 15.1. The van der Waals surface area contributed by atoms with Crippen LogP contribution in [0.3, 0.4) is 0 Å². The van der Waals surface area contributed by atoms with E-state index in [-0.39, 0.29) is 71.4 Å². The van der Waals surface area contributed by atoms with Crippen LogP contribution >= 0.6 is 0 Å². The second-order valence-corrected chi connectivity index (χ2v) is 13.8. The molecule has 0 atom stereocenters. The molecule has 0 nitrogen and oxygen atoms in total. The topological polar surface area (TPSA) is 0 Å². The van der Waals surface area contributed by atoms with E-state index in [9.17, 15) is 0 Å². The van der Waals surface area contributed by atoms with Crippen LogP contribution in [0.2, 0.25) is 0 Å². The van der Waals surface area contributed by atoms with Gasteiger partial charge < -0.3 is 24.8 Å². The van der Waals surface area contributed by atoms with E-state index >= 15 is 0 Å². The average molecular weight is 688 g/mol. The summed E-state index contributed by atoms with van der Waals surface area (Å²) in [6.07, 6.45) is 1.03. The summed E-state index contributed by atoms with van der Waals surface area (Å²) in [5.74, 6) is 0. The van der Waals surface area contributed by atoms with E-state index < -0.39 is 0 Å². The van der Waals surface area contributed by atoms with Crippen LogP contribution in [0, 0.1) is 6.07 Å². The van der Waals surface area contributed by atoms with Crippen LogP contribution in [-0.4, -0.2) is 9.52 Å². The summed E-state index contributed by atoms with van der Waals surface area (Å²) >= 11 is 0. The maximum atomic E-state index is 3.55. The van der Waals surface area contributed by atoms with Gasteiger partial charge >= 0.3 is 26.2 Å². The molecule has 0 spiro atoms. The Labute approximate surface area is 288 Å². The van der Waals surface area contributed by atoms with Crippen molar-refractivity contribution in [1.82, 2.24) is 0 Å².